The number of anilines is 1. The van der Waals surface area contributed by atoms with Crippen LogP contribution in [0.2, 0.25) is 0 Å². The normalized spacial score (nSPS) is 14.3. The Morgan fingerprint density at radius 3 is 2.54 bits per heavy atom. The first-order chi connectivity index (χ1) is 13.6. The highest BCUT2D eigenvalue weighted by Crippen LogP contribution is 2.20. The number of aromatic amines is 1. The molecule has 2 aromatic carbocycles. The van der Waals surface area contributed by atoms with Gasteiger partial charge in [-0.3, -0.25) is 14.7 Å². The summed E-state index contributed by atoms with van der Waals surface area (Å²) in [6.45, 7) is 1.96. The Bertz CT molecular complexity index is 1010. The van der Waals surface area contributed by atoms with E-state index in [1.165, 1.54) is 6.07 Å². The zero-order valence-corrected chi connectivity index (χ0v) is 15.2. The summed E-state index contributed by atoms with van der Waals surface area (Å²) < 4.78 is 13.9. The highest BCUT2D eigenvalue weighted by Gasteiger charge is 2.23. The molecule has 2 heterocycles. The molecule has 28 heavy (non-hydrogen) atoms. The Kier molecular flexibility index (Phi) is 4.92. The van der Waals surface area contributed by atoms with E-state index in [1.54, 1.807) is 29.2 Å². The van der Waals surface area contributed by atoms with Gasteiger partial charge in [0.15, 0.2) is 5.69 Å². The minimum atomic E-state index is -0.393. The van der Waals surface area contributed by atoms with Crippen LogP contribution in [-0.2, 0) is 4.79 Å². The minimum Gasteiger partial charge on any atom is -0.366 e. The molecule has 3 aromatic rings. The van der Waals surface area contributed by atoms with Crippen LogP contribution in [0.4, 0.5) is 10.1 Å². The van der Waals surface area contributed by atoms with E-state index in [0.29, 0.717) is 37.3 Å². The monoisotopic (exact) mass is 381 g/mol. The molecule has 2 amide bonds. The van der Waals surface area contributed by atoms with Gasteiger partial charge in [-0.1, -0.05) is 30.3 Å². The molecule has 8 heteroatoms. The van der Waals surface area contributed by atoms with E-state index < -0.39 is 5.91 Å². The molecule has 0 bridgehead atoms. The van der Waals surface area contributed by atoms with Gasteiger partial charge in [0.05, 0.1) is 17.7 Å². The maximum atomic E-state index is 13.9. The number of piperazine rings is 1. The molecular weight excluding hydrogens is 361 g/mol. The number of carbonyl (C=O) groups is 2. The van der Waals surface area contributed by atoms with Gasteiger partial charge in [-0.05, 0) is 18.2 Å². The van der Waals surface area contributed by atoms with Crippen molar-refractivity contribution >= 4 is 28.4 Å². The number of nitrogens with one attached hydrogen (secondary N) is 2. The third-order valence-corrected chi connectivity index (χ3v) is 4.91. The van der Waals surface area contributed by atoms with Gasteiger partial charge in [-0.15, -0.1) is 0 Å². The Hall–Kier alpha value is -3.42. The third kappa shape index (κ3) is 3.53. The van der Waals surface area contributed by atoms with Gasteiger partial charge < -0.3 is 15.1 Å². The summed E-state index contributed by atoms with van der Waals surface area (Å²) in [5.41, 5.74) is 1.59. The van der Waals surface area contributed by atoms with Crippen LogP contribution in [0.15, 0.2) is 48.5 Å². The first-order valence-corrected chi connectivity index (χ1v) is 9.12. The van der Waals surface area contributed by atoms with Gasteiger partial charge in [0.1, 0.15) is 5.82 Å². The molecule has 0 radical (unpaired) electrons. The number of hydrogen-bond donors (Lipinski definition) is 2. The van der Waals surface area contributed by atoms with E-state index in [0.717, 1.165) is 5.52 Å². The molecule has 1 aliphatic heterocycles. The van der Waals surface area contributed by atoms with E-state index in [2.05, 4.69) is 15.5 Å². The number of H-pyrrole nitrogens is 1. The van der Waals surface area contributed by atoms with E-state index in [1.807, 2.05) is 23.1 Å². The van der Waals surface area contributed by atoms with Crippen molar-refractivity contribution in [3.05, 3.63) is 60.0 Å². The zero-order valence-electron chi connectivity index (χ0n) is 15.2. The van der Waals surface area contributed by atoms with Crippen LogP contribution in [0.3, 0.4) is 0 Å². The van der Waals surface area contributed by atoms with Crippen molar-refractivity contribution < 1.29 is 14.0 Å². The largest absolute Gasteiger partial charge is 0.366 e. The van der Waals surface area contributed by atoms with Gasteiger partial charge in [0.25, 0.3) is 5.91 Å². The lowest BCUT2D eigenvalue weighted by Crippen LogP contribution is -2.51. The van der Waals surface area contributed by atoms with Gasteiger partial charge in [-0.25, -0.2) is 4.39 Å². The fraction of sp³-hybridized carbons (Fsp3) is 0.250. The second kappa shape index (κ2) is 7.67. The van der Waals surface area contributed by atoms with E-state index in [9.17, 15) is 14.0 Å². The van der Waals surface area contributed by atoms with Crippen LogP contribution >= 0.6 is 0 Å². The predicted octanol–water partition coefficient (Wildman–Crippen LogP) is 1.78. The fourth-order valence-electron chi connectivity index (χ4n) is 3.39. The molecule has 1 aromatic heterocycles. The first kappa shape index (κ1) is 18.0. The highest BCUT2D eigenvalue weighted by atomic mass is 19.1. The molecule has 1 aliphatic rings. The van der Waals surface area contributed by atoms with E-state index in [-0.39, 0.29) is 24.0 Å². The maximum absolute atomic E-state index is 13.9. The summed E-state index contributed by atoms with van der Waals surface area (Å²) >= 11 is 0. The molecule has 0 unspecified atom stereocenters. The number of nitrogens with zero attached hydrogens (tertiary/aromatic N) is 3. The number of aromatic nitrogens is 2. The molecule has 0 saturated carbocycles. The molecule has 2 N–H and O–H groups in total. The maximum Gasteiger partial charge on any atom is 0.272 e. The zero-order chi connectivity index (χ0) is 19.5. The topological polar surface area (TPSA) is 81.3 Å². The number of amides is 2. The molecule has 1 fully saturated rings. The Morgan fingerprint density at radius 1 is 1.04 bits per heavy atom. The van der Waals surface area contributed by atoms with Gasteiger partial charge in [0.2, 0.25) is 5.91 Å². The van der Waals surface area contributed by atoms with Crippen molar-refractivity contribution in [3.8, 4) is 0 Å². The Labute approximate surface area is 161 Å². The van der Waals surface area contributed by atoms with Crippen molar-refractivity contribution in [1.29, 1.82) is 0 Å². The van der Waals surface area contributed by atoms with E-state index in [4.69, 9.17) is 0 Å². The molecule has 1 saturated heterocycles. The molecule has 0 aliphatic carbocycles. The number of fused-ring (bicyclic) bond motifs is 1. The van der Waals surface area contributed by atoms with Gasteiger partial charge in [0, 0.05) is 31.6 Å². The molecular formula is C20H20FN5O2. The number of carbonyl (C=O) groups excluding carboxylic acids is 2. The average Bonchev–Trinajstić information content (AvgIpc) is 3.16. The van der Waals surface area contributed by atoms with Crippen molar-refractivity contribution in [1.82, 2.24) is 20.4 Å². The van der Waals surface area contributed by atoms with Crippen LogP contribution in [0.25, 0.3) is 10.9 Å². The molecule has 4 rings (SSSR count). The van der Waals surface area contributed by atoms with Crippen molar-refractivity contribution in [2.75, 3.05) is 37.6 Å². The lowest BCUT2D eigenvalue weighted by molar-refractivity contribution is -0.130. The summed E-state index contributed by atoms with van der Waals surface area (Å²) in [5.74, 6) is -0.821. The van der Waals surface area contributed by atoms with Crippen molar-refractivity contribution in [2.24, 2.45) is 0 Å². The predicted molar refractivity (Wildman–Crippen MR) is 104 cm³/mol. The highest BCUT2D eigenvalue weighted by molar-refractivity contribution is 6.05. The lowest BCUT2D eigenvalue weighted by atomic mass is 10.2. The Balaban J connectivity index is 1.31. The smallest absolute Gasteiger partial charge is 0.272 e. The minimum absolute atomic E-state index is 0.0975. The summed E-state index contributed by atoms with van der Waals surface area (Å²) in [6.07, 6.45) is 0. The van der Waals surface area contributed by atoms with Crippen LogP contribution in [0.5, 0.6) is 0 Å². The number of rotatable bonds is 4. The van der Waals surface area contributed by atoms with Crippen LogP contribution in [-0.4, -0.2) is 59.6 Å². The molecule has 0 atom stereocenters. The molecule has 7 nitrogen and oxygen atoms in total. The number of benzene rings is 2. The van der Waals surface area contributed by atoms with Gasteiger partial charge >= 0.3 is 0 Å². The fourth-order valence-corrected chi connectivity index (χ4v) is 3.39. The number of halogens is 1. The quantitative estimate of drug-likeness (QED) is 0.722. The summed E-state index contributed by atoms with van der Waals surface area (Å²) in [5, 5.41) is 10.2. The summed E-state index contributed by atoms with van der Waals surface area (Å²) in [7, 11) is 0. The standard InChI is InChI=1S/C20H20FN5O2/c21-15-6-2-4-8-17(15)25-9-11-26(12-10-25)18(27)13-22-20(28)19-14-5-1-3-7-16(14)23-24-19/h1-8H,9-13H2,(H,22,28)(H,23,24). The number of para-hydroxylation sites is 2. The third-order valence-electron chi connectivity index (χ3n) is 4.91. The van der Waals surface area contributed by atoms with Crippen LogP contribution in [0, 0.1) is 5.82 Å². The Morgan fingerprint density at radius 2 is 1.75 bits per heavy atom. The molecule has 0 spiro atoms. The van der Waals surface area contributed by atoms with Crippen molar-refractivity contribution in [2.45, 2.75) is 0 Å². The number of hydrogen-bond acceptors (Lipinski definition) is 4. The molecule has 144 valence electrons. The first-order valence-electron chi connectivity index (χ1n) is 9.12. The van der Waals surface area contributed by atoms with Crippen molar-refractivity contribution in [3.63, 3.8) is 0 Å². The second-order valence-corrected chi connectivity index (χ2v) is 6.62. The second-order valence-electron chi connectivity index (χ2n) is 6.62. The summed E-state index contributed by atoms with van der Waals surface area (Å²) in [4.78, 5) is 28.4. The lowest BCUT2D eigenvalue weighted by Gasteiger charge is -2.36. The average molecular weight is 381 g/mol. The van der Waals surface area contributed by atoms with Crippen LogP contribution < -0.4 is 10.2 Å². The SMILES string of the molecule is O=C(NCC(=O)N1CCN(c2ccccc2F)CC1)c1n[nH]c2ccccc12. The van der Waals surface area contributed by atoms with E-state index >= 15 is 0 Å². The van der Waals surface area contributed by atoms with Crippen LogP contribution in [0.1, 0.15) is 10.5 Å². The summed E-state index contributed by atoms with van der Waals surface area (Å²) in [6, 6.07) is 13.9. The van der Waals surface area contributed by atoms with Gasteiger partial charge in [-0.2, -0.15) is 5.10 Å².